The van der Waals surface area contributed by atoms with Crippen LogP contribution >= 0.6 is 0 Å². The van der Waals surface area contributed by atoms with E-state index in [1.54, 1.807) is 0 Å². The van der Waals surface area contributed by atoms with Crippen molar-refractivity contribution in [2.75, 3.05) is 6.61 Å². The highest BCUT2D eigenvalue weighted by Crippen LogP contribution is 2.13. The normalized spacial score (nSPS) is 12.1. The van der Waals surface area contributed by atoms with E-state index in [0.717, 1.165) is 13.0 Å². The summed E-state index contributed by atoms with van der Waals surface area (Å²) in [5, 5.41) is 0. The largest absolute Gasteiger partial charge is 0.386 e. The number of ether oxygens (including phenoxy) is 1. The molecule has 0 bridgehead atoms. The van der Waals surface area contributed by atoms with Crippen molar-refractivity contribution in [1.29, 1.82) is 0 Å². The van der Waals surface area contributed by atoms with Crippen LogP contribution in [0.2, 0.25) is 6.55 Å². The van der Waals surface area contributed by atoms with Crippen molar-refractivity contribution in [3.8, 4) is 0 Å². The van der Waals surface area contributed by atoms with Crippen LogP contribution in [-0.2, 0) is 9.16 Å². The fourth-order valence-electron chi connectivity index (χ4n) is 0.807. The first-order valence-electron chi connectivity index (χ1n) is 4.31. The van der Waals surface area contributed by atoms with E-state index in [9.17, 15) is 0 Å². The molecule has 12 heavy (non-hydrogen) atoms. The van der Waals surface area contributed by atoms with Crippen LogP contribution < -0.4 is 0 Å². The van der Waals surface area contributed by atoms with Crippen molar-refractivity contribution in [2.24, 2.45) is 0 Å². The van der Waals surface area contributed by atoms with Crippen molar-refractivity contribution >= 4 is 9.04 Å². The lowest BCUT2D eigenvalue weighted by molar-refractivity contribution is -0.158. The fourth-order valence-corrected chi connectivity index (χ4v) is 1.72. The minimum atomic E-state index is -0.877. The van der Waals surface area contributed by atoms with Crippen molar-refractivity contribution in [2.45, 2.75) is 39.5 Å². The molecule has 0 amide bonds. The van der Waals surface area contributed by atoms with Crippen LogP contribution in [-0.4, -0.2) is 21.4 Å². The summed E-state index contributed by atoms with van der Waals surface area (Å²) in [5.41, 5.74) is 1.86. The van der Waals surface area contributed by atoms with Gasteiger partial charge in [0.2, 0.25) is 9.04 Å². The molecular weight excluding hydrogens is 168 g/mol. The van der Waals surface area contributed by atoms with Crippen molar-refractivity contribution in [3.05, 3.63) is 12.3 Å². The zero-order valence-electron chi connectivity index (χ0n) is 8.52. The molecule has 0 fully saturated rings. The van der Waals surface area contributed by atoms with Gasteiger partial charge in [0.15, 0.2) is 5.79 Å². The third kappa shape index (κ3) is 5.52. The van der Waals surface area contributed by atoms with E-state index in [0.29, 0.717) is 0 Å². The Morgan fingerprint density at radius 1 is 1.50 bits per heavy atom. The van der Waals surface area contributed by atoms with Gasteiger partial charge in [-0.15, -0.1) is 6.58 Å². The summed E-state index contributed by atoms with van der Waals surface area (Å²) in [5.74, 6) is -0.451. The second-order valence-corrected chi connectivity index (χ2v) is 5.00. The van der Waals surface area contributed by atoms with E-state index in [1.807, 2.05) is 19.5 Å². The molecule has 0 aromatic heterocycles. The molecular formula is C9H19O2Si. The van der Waals surface area contributed by atoms with Crippen LogP contribution in [0.5, 0.6) is 0 Å². The van der Waals surface area contributed by atoms with E-state index in [2.05, 4.69) is 20.0 Å². The van der Waals surface area contributed by atoms with Gasteiger partial charge in [0.25, 0.3) is 0 Å². The lowest BCUT2D eigenvalue weighted by atomic mass is 10.4. The Balaban J connectivity index is 3.77. The first-order chi connectivity index (χ1) is 5.52. The van der Waals surface area contributed by atoms with Crippen LogP contribution in [0.25, 0.3) is 0 Å². The summed E-state index contributed by atoms with van der Waals surface area (Å²) < 4.78 is 11.2. The van der Waals surface area contributed by atoms with E-state index < -0.39 is 14.8 Å². The van der Waals surface area contributed by atoms with E-state index >= 15 is 0 Å². The highest BCUT2D eigenvalue weighted by atomic mass is 28.3. The number of hydrogen-bond acceptors (Lipinski definition) is 2. The third-order valence-electron chi connectivity index (χ3n) is 1.35. The molecule has 0 spiro atoms. The van der Waals surface area contributed by atoms with E-state index in [4.69, 9.17) is 9.16 Å². The molecule has 0 atom stereocenters. The zero-order chi connectivity index (χ0) is 9.61. The highest BCUT2D eigenvalue weighted by Gasteiger charge is 2.20. The first-order valence-corrected chi connectivity index (χ1v) is 6.29. The second kappa shape index (κ2) is 5.51. The van der Waals surface area contributed by atoms with Crippen LogP contribution in [0, 0.1) is 0 Å². The summed E-state index contributed by atoms with van der Waals surface area (Å²) in [4.78, 5) is 0. The summed E-state index contributed by atoms with van der Waals surface area (Å²) >= 11 is 0. The standard InChI is InChI=1S/C9H19O2Si/c1-6-8-10-9(3,4)11-12(5)7-2/h7H,2,6,8H2,1,3-5H3. The molecule has 71 valence electrons. The van der Waals surface area contributed by atoms with Gasteiger partial charge in [-0.25, -0.2) is 0 Å². The quantitative estimate of drug-likeness (QED) is 0.470. The van der Waals surface area contributed by atoms with Crippen LogP contribution in [0.1, 0.15) is 27.2 Å². The average Bonchev–Trinajstić information content (AvgIpc) is 2.00. The van der Waals surface area contributed by atoms with Gasteiger partial charge in [-0.05, 0) is 26.8 Å². The molecule has 0 saturated carbocycles. The summed E-state index contributed by atoms with van der Waals surface area (Å²) in [6, 6.07) is 0. The fraction of sp³-hybridized carbons (Fsp3) is 0.778. The summed E-state index contributed by atoms with van der Waals surface area (Å²) in [6.45, 7) is 12.5. The lowest BCUT2D eigenvalue weighted by Gasteiger charge is -2.27. The molecule has 3 heteroatoms. The van der Waals surface area contributed by atoms with Crippen molar-refractivity contribution < 1.29 is 9.16 Å². The SMILES string of the molecule is C=C[Si](C)OC(C)(C)OCCC. The molecule has 0 aliphatic rings. The maximum atomic E-state index is 5.65. The summed E-state index contributed by atoms with van der Waals surface area (Å²) in [7, 11) is -0.877. The molecule has 2 nitrogen and oxygen atoms in total. The maximum absolute atomic E-state index is 5.65. The number of rotatable bonds is 6. The van der Waals surface area contributed by atoms with Gasteiger partial charge in [0, 0.05) is 6.61 Å². The Morgan fingerprint density at radius 2 is 2.08 bits per heavy atom. The molecule has 0 saturated heterocycles. The molecule has 0 heterocycles. The molecule has 1 radical (unpaired) electrons. The van der Waals surface area contributed by atoms with Gasteiger partial charge in [0.1, 0.15) is 0 Å². The Labute approximate surface area is 77.3 Å². The van der Waals surface area contributed by atoms with Crippen LogP contribution in [0.15, 0.2) is 12.3 Å². The van der Waals surface area contributed by atoms with Crippen LogP contribution in [0.3, 0.4) is 0 Å². The van der Waals surface area contributed by atoms with Gasteiger partial charge in [-0.1, -0.05) is 12.6 Å². The number of hydrogen-bond donors (Lipinski definition) is 0. The van der Waals surface area contributed by atoms with Gasteiger partial charge in [0.05, 0.1) is 0 Å². The third-order valence-corrected chi connectivity index (χ3v) is 2.74. The Hall–Kier alpha value is -0.123. The van der Waals surface area contributed by atoms with Gasteiger partial charge < -0.3 is 9.16 Å². The molecule has 0 aromatic rings. The summed E-state index contributed by atoms with van der Waals surface area (Å²) in [6.07, 6.45) is 1.02. The van der Waals surface area contributed by atoms with E-state index in [-0.39, 0.29) is 0 Å². The Kier molecular flexibility index (Phi) is 5.45. The Morgan fingerprint density at radius 3 is 2.50 bits per heavy atom. The lowest BCUT2D eigenvalue weighted by Crippen LogP contribution is -2.34. The molecule has 0 aliphatic carbocycles. The predicted octanol–water partition coefficient (Wildman–Crippen LogP) is 2.51. The van der Waals surface area contributed by atoms with Gasteiger partial charge in [-0.2, -0.15) is 0 Å². The topological polar surface area (TPSA) is 18.5 Å². The molecule has 0 rings (SSSR count). The minimum Gasteiger partial charge on any atom is -0.386 e. The molecule has 0 N–H and O–H groups in total. The maximum Gasteiger partial charge on any atom is 0.239 e. The average molecular weight is 187 g/mol. The zero-order valence-corrected chi connectivity index (χ0v) is 9.52. The van der Waals surface area contributed by atoms with Crippen LogP contribution in [0.4, 0.5) is 0 Å². The minimum absolute atomic E-state index is 0.451. The molecule has 0 aromatic carbocycles. The smallest absolute Gasteiger partial charge is 0.239 e. The first kappa shape index (κ1) is 11.9. The van der Waals surface area contributed by atoms with Crippen molar-refractivity contribution in [1.82, 2.24) is 0 Å². The predicted molar refractivity (Wildman–Crippen MR) is 53.2 cm³/mol. The van der Waals surface area contributed by atoms with Gasteiger partial charge in [-0.3, -0.25) is 0 Å². The second-order valence-electron chi connectivity index (χ2n) is 3.17. The van der Waals surface area contributed by atoms with Crippen molar-refractivity contribution in [3.63, 3.8) is 0 Å². The Bertz CT molecular complexity index is 134. The molecule has 0 aliphatic heterocycles. The highest BCUT2D eigenvalue weighted by molar-refractivity contribution is 6.56. The van der Waals surface area contributed by atoms with E-state index in [1.165, 1.54) is 0 Å². The van der Waals surface area contributed by atoms with Gasteiger partial charge >= 0.3 is 0 Å². The molecule has 0 unspecified atom stereocenters. The monoisotopic (exact) mass is 187 g/mol.